The lowest BCUT2D eigenvalue weighted by atomic mass is 10.1. The lowest BCUT2D eigenvalue weighted by Gasteiger charge is -2.19. The fraction of sp³-hybridized carbons (Fsp3) is 0.421. The van der Waals surface area contributed by atoms with Crippen LogP contribution in [0.2, 0.25) is 0 Å². The van der Waals surface area contributed by atoms with E-state index in [0.717, 1.165) is 28.1 Å². The molecular weight excluding hydrogens is 304 g/mol. The summed E-state index contributed by atoms with van der Waals surface area (Å²) < 4.78 is 5.76. The van der Waals surface area contributed by atoms with Gasteiger partial charge in [0.05, 0.1) is 6.10 Å². The first-order chi connectivity index (χ1) is 11.3. The first-order valence-corrected chi connectivity index (χ1v) is 8.16. The maximum Gasteiger partial charge on any atom is 0.252 e. The third-order valence-electron chi connectivity index (χ3n) is 3.95. The minimum Gasteiger partial charge on any atom is -0.491 e. The molecule has 5 heteroatoms. The maximum absolute atomic E-state index is 12.1. The second kappa shape index (κ2) is 7.64. The zero-order valence-corrected chi connectivity index (χ0v) is 14.9. The summed E-state index contributed by atoms with van der Waals surface area (Å²) >= 11 is 0. The number of nitrogens with one attached hydrogen (secondary N) is 2. The molecule has 1 aromatic heterocycles. The molecule has 0 fully saturated rings. The van der Waals surface area contributed by atoms with Crippen molar-refractivity contribution >= 4 is 0 Å². The quantitative estimate of drug-likeness (QED) is 0.712. The number of hydrogen-bond donors (Lipinski definition) is 3. The van der Waals surface area contributed by atoms with Gasteiger partial charge >= 0.3 is 0 Å². The molecule has 1 heterocycles. The van der Waals surface area contributed by atoms with E-state index in [1.54, 1.807) is 0 Å². The van der Waals surface area contributed by atoms with Gasteiger partial charge in [-0.3, -0.25) is 10.1 Å². The average molecular weight is 330 g/mol. The lowest BCUT2D eigenvalue weighted by Crippen LogP contribution is -2.26. The van der Waals surface area contributed by atoms with E-state index in [9.17, 15) is 9.90 Å². The van der Waals surface area contributed by atoms with Crippen LogP contribution in [0.3, 0.4) is 0 Å². The Balaban J connectivity index is 2.16. The third kappa shape index (κ3) is 4.24. The molecule has 0 saturated heterocycles. The zero-order chi connectivity index (χ0) is 17.9. The number of ether oxygens (including phenoxy) is 1. The number of H-pyrrole nitrogens is 1. The number of aromatic nitrogens is 1. The van der Waals surface area contributed by atoms with Gasteiger partial charge < -0.3 is 14.8 Å². The van der Waals surface area contributed by atoms with E-state index >= 15 is 0 Å². The Bertz CT molecular complexity index is 766. The summed E-state index contributed by atoms with van der Waals surface area (Å²) in [6, 6.07) is 7.52. The highest BCUT2D eigenvalue weighted by molar-refractivity contribution is 5.40. The van der Waals surface area contributed by atoms with Gasteiger partial charge in [0.15, 0.2) is 0 Å². The predicted molar refractivity (Wildman–Crippen MR) is 95.3 cm³/mol. The summed E-state index contributed by atoms with van der Waals surface area (Å²) in [4.78, 5) is 14.8. The molecule has 0 aliphatic heterocycles. The summed E-state index contributed by atoms with van der Waals surface area (Å²) in [6.45, 7) is 9.89. The van der Waals surface area contributed by atoms with Gasteiger partial charge in [0.2, 0.25) is 0 Å². The second-order valence-electron chi connectivity index (χ2n) is 6.36. The molecule has 0 amide bonds. The van der Waals surface area contributed by atoms with Crippen LogP contribution in [0.5, 0.6) is 5.75 Å². The van der Waals surface area contributed by atoms with E-state index in [2.05, 4.69) is 10.3 Å². The Morgan fingerprint density at radius 2 is 1.96 bits per heavy atom. The van der Waals surface area contributed by atoms with Gasteiger partial charge in [-0.05, 0) is 57.9 Å². The highest BCUT2D eigenvalue weighted by Gasteiger charge is 2.15. The molecule has 1 atom stereocenters. The highest BCUT2D eigenvalue weighted by atomic mass is 16.5. The molecule has 2 aromatic rings. The van der Waals surface area contributed by atoms with Crippen molar-refractivity contribution in [2.75, 3.05) is 0 Å². The first-order valence-electron chi connectivity index (χ1n) is 8.16. The molecular formula is C19H26N2O3. The molecule has 0 aliphatic carbocycles. The third-order valence-corrected chi connectivity index (χ3v) is 3.95. The van der Waals surface area contributed by atoms with Crippen molar-refractivity contribution < 1.29 is 9.84 Å². The lowest BCUT2D eigenvalue weighted by molar-refractivity contribution is 0.135. The molecule has 1 aromatic carbocycles. The van der Waals surface area contributed by atoms with Crippen LogP contribution in [0.15, 0.2) is 29.1 Å². The fourth-order valence-corrected chi connectivity index (χ4v) is 2.72. The van der Waals surface area contributed by atoms with Gasteiger partial charge in [0, 0.05) is 23.4 Å². The van der Waals surface area contributed by atoms with Gasteiger partial charge in [-0.1, -0.05) is 12.1 Å². The zero-order valence-electron chi connectivity index (χ0n) is 14.9. The van der Waals surface area contributed by atoms with E-state index < -0.39 is 6.23 Å². The molecule has 130 valence electrons. The number of aliphatic hydroxyl groups excluding tert-OH is 1. The molecule has 0 bridgehead atoms. The second-order valence-corrected chi connectivity index (χ2v) is 6.36. The summed E-state index contributed by atoms with van der Waals surface area (Å²) in [5, 5.41) is 13.5. The maximum atomic E-state index is 12.1. The van der Waals surface area contributed by atoms with Gasteiger partial charge in [-0.25, -0.2) is 0 Å². The number of aryl methyl sites for hydroxylation is 2. The Hall–Kier alpha value is -2.11. The molecule has 24 heavy (non-hydrogen) atoms. The Morgan fingerprint density at radius 3 is 2.58 bits per heavy atom. The standard InChI is InChI=1S/C19H26N2O3/c1-11(2)24-17-8-6-7-15(14(17)5)18(22)20-10-16-12(3)9-13(4)21-19(16)23/h6-9,11,18,20,22H,10H2,1-5H3,(H,21,23). The normalized spacial score (nSPS) is 12.5. The van der Waals surface area contributed by atoms with E-state index in [-0.39, 0.29) is 18.2 Å². The minimum absolute atomic E-state index is 0.0674. The number of pyridine rings is 1. The molecule has 3 N–H and O–H groups in total. The average Bonchev–Trinajstić information content (AvgIpc) is 2.47. The Labute approximate surface area is 142 Å². The Morgan fingerprint density at radius 1 is 1.25 bits per heavy atom. The van der Waals surface area contributed by atoms with Crippen LogP contribution in [0.4, 0.5) is 0 Å². The van der Waals surface area contributed by atoms with E-state index in [1.807, 2.05) is 58.9 Å². The molecule has 0 spiro atoms. The van der Waals surface area contributed by atoms with Crippen LogP contribution in [0.25, 0.3) is 0 Å². The van der Waals surface area contributed by atoms with Gasteiger partial charge in [0.25, 0.3) is 5.56 Å². The Kier molecular flexibility index (Phi) is 5.80. The summed E-state index contributed by atoms with van der Waals surface area (Å²) in [6.07, 6.45) is -0.807. The van der Waals surface area contributed by atoms with Crippen LogP contribution in [-0.2, 0) is 6.54 Å². The smallest absolute Gasteiger partial charge is 0.252 e. The van der Waals surface area contributed by atoms with E-state index in [0.29, 0.717) is 5.56 Å². The van der Waals surface area contributed by atoms with E-state index in [4.69, 9.17) is 4.74 Å². The van der Waals surface area contributed by atoms with Crippen molar-refractivity contribution in [3.63, 3.8) is 0 Å². The van der Waals surface area contributed by atoms with Crippen molar-refractivity contribution in [3.05, 3.63) is 62.6 Å². The van der Waals surface area contributed by atoms with E-state index in [1.165, 1.54) is 0 Å². The number of aromatic amines is 1. The van der Waals surface area contributed by atoms with Gasteiger partial charge in [0.1, 0.15) is 12.0 Å². The number of benzene rings is 1. The van der Waals surface area contributed by atoms with Crippen molar-refractivity contribution in [2.24, 2.45) is 0 Å². The largest absolute Gasteiger partial charge is 0.491 e. The van der Waals surface area contributed by atoms with Crippen LogP contribution in [0.1, 0.15) is 48.0 Å². The molecule has 0 saturated carbocycles. The van der Waals surface area contributed by atoms with Crippen LogP contribution in [-0.4, -0.2) is 16.2 Å². The molecule has 0 radical (unpaired) electrons. The molecule has 1 unspecified atom stereocenters. The summed E-state index contributed by atoms with van der Waals surface area (Å²) in [5.41, 5.74) is 3.88. The minimum atomic E-state index is -0.874. The summed E-state index contributed by atoms with van der Waals surface area (Å²) in [7, 11) is 0. The van der Waals surface area contributed by atoms with Crippen molar-refractivity contribution in [3.8, 4) is 5.75 Å². The predicted octanol–water partition coefficient (Wildman–Crippen LogP) is 2.87. The SMILES string of the molecule is Cc1cc(C)c(CNC(O)c2cccc(OC(C)C)c2C)c(=O)[nH]1. The number of aliphatic hydroxyl groups is 1. The van der Waals surface area contributed by atoms with Crippen molar-refractivity contribution in [1.29, 1.82) is 0 Å². The highest BCUT2D eigenvalue weighted by Crippen LogP contribution is 2.26. The number of hydrogen-bond acceptors (Lipinski definition) is 4. The number of rotatable bonds is 6. The first kappa shape index (κ1) is 18.2. The van der Waals surface area contributed by atoms with Gasteiger partial charge in [-0.2, -0.15) is 0 Å². The topological polar surface area (TPSA) is 74.3 Å². The monoisotopic (exact) mass is 330 g/mol. The molecule has 0 aliphatic rings. The van der Waals surface area contributed by atoms with Crippen molar-refractivity contribution in [2.45, 2.75) is 53.5 Å². The van der Waals surface area contributed by atoms with Crippen LogP contribution >= 0.6 is 0 Å². The summed E-state index contributed by atoms with van der Waals surface area (Å²) in [5.74, 6) is 0.757. The van der Waals surface area contributed by atoms with Crippen LogP contribution < -0.4 is 15.6 Å². The van der Waals surface area contributed by atoms with Crippen LogP contribution in [0, 0.1) is 20.8 Å². The van der Waals surface area contributed by atoms with Crippen molar-refractivity contribution in [1.82, 2.24) is 10.3 Å². The fourth-order valence-electron chi connectivity index (χ4n) is 2.72. The molecule has 2 rings (SSSR count). The van der Waals surface area contributed by atoms with Gasteiger partial charge in [-0.15, -0.1) is 0 Å². The molecule has 5 nitrogen and oxygen atoms in total.